The molecule has 23 heavy (non-hydrogen) atoms. The number of nitrogens with one attached hydrogen (secondary N) is 1. The minimum atomic E-state index is -3.51. The van der Waals surface area contributed by atoms with Crippen molar-refractivity contribution in [3.05, 3.63) is 75.7 Å². The fourth-order valence-electron chi connectivity index (χ4n) is 1.74. The van der Waals surface area contributed by atoms with Gasteiger partial charge in [0.05, 0.1) is 6.54 Å². The topological polar surface area (TPSA) is 46.2 Å². The van der Waals surface area contributed by atoms with Crippen molar-refractivity contribution in [1.29, 1.82) is 0 Å². The summed E-state index contributed by atoms with van der Waals surface area (Å²) in [5, 5.41) is 1.73. The van der Waals surface area contributed by atoms with Crippen LogP contribution in [0.4, 0.5) is 0 Å². The fourth-order valence-corrected chi connectivity index (χ4v) is 2.64. The summed E-state index contributed by atoms with van der Waals surface area (Å²) in [4.78, 5) is 0. The molecule has 0 bridgehead atoms. The predicted molar refractivity (Wildman–Crippen MR) is 95.5 cm³/mol. The van der Waals surface area contributed by atoms with Crippen molar-refractivity contribution in [3.8, 4) is 11.8 Å². The van der Waals surface area contributed by atoms with E-state index in [0.29, 0.717) is 5.02 Å². The van der Waals surface area contributed by atoms with E-state index in [-0.39, 0.29) is 6.54 Å². The van der Waals surface area contributed by atoms with Gasteiger partial charge in [0, 0.05) is 16.0 Å². The summed E-state index contributed by atoms with van der Waals surface area (Å²) in [6.45, 7) is 2.01. The zero-order valence-corrected chi connectivity index (χ0v) is 14.2. The van der Waals surface area contributed by atoms with Gasteiger partial charge in [-0.3, -0.25) is 0 Å². The van der Waals surface area contributed by atoms with Gasteiger partial charge in [0.15, 0.2) is 0 Å². The van der Waals surface area contributed by atoms with Crippen molar-refractivity contribution < 1.29 is 8.42 Å². The molecule has 2 aromatic rings. The molecule has 2 aromatic carbocycles. The number of hydrogen-bond donors (Lipinski definition) is 1. The summed E-state index contributed by atoms with van der Waals surface area (Å²) >= 11 is 5.85. The van der Waals surface area contributed by atoms with Crippen LogP contribution in [0, 0.1) is 18.8 Å². The molecule has 0 aromatic heterocycles. The standard InChI is InChI=1S/C18H16ClNO2S/c1-15-7-9-16(10-8-15)11-13-23(21,22)20-12-3-5-17-4-2-6-18(19)14-17/h2,4,6-11,13-14,20H,12H2,1H3/b13-11+. The lowest BCUT2D eigenvalue weighted by Crippen LogP contribution is -2.21. The lowest BCUT2D eigenvalue weighted by molar-refractivity contribution is 0.595. The molecular weight excluding hydrogens is 330 g/mol. The van der Waals surface area contributed by atoms with Gasteiger partial charge in [0.2, 0.25) is 10.0 Å². The first-order chi connectivity index (χ1) is 10.9. The second-order valence-electron chi connectivity index (χ2n) is 4.89. The van der Waals surface area contributed by atoms with E-state index < -0.39 is 10.0 Å². The van der Waals surface area contributed by atoms with E-state index in [0.717, 1.165) is 22.1 Å². The predicted octanol–water partition coefficient (Wildman–Crippen LogP) is 3.59. The lowest BCUT2D eigenvalue weighted by Gasteiger charge is -1.98. The quantitative estimate of drug-likeness (QED) is 0.861. The molecule has 0 amide bonds. The Labute approximate surface area is 142 Å². The van der Waals surface area contributed by atoms with Crippen molar-refractivity contribution in [1.82, 2.24) is 4.72 Å². The van der Waals surface area contributed by atoms with Crippen LogP contribution in [-0.2, 0) is 10.0 Å². The van der Waals surface area contributed by atoms with Crippen LogP contribution in [0.15, 0.2) is 53.9 Å². The Morgan fingerprint density at radius 3 is 2.61 bits per heavy atom. The smallest absolute Gasteiger partial charge is 0.208 e. The highest BCUT2D eigenvalue weighted by molar-refractivity contribution is 7.92. The van der Waals surface area contributed by atoms with E-state index in [9.17, 15) is 8.42 Å². The van der Waals surface area contributed by atoms with Gasteiger partial charge in [-0.15, -0.1) is 0 Å². The Morgan fingerprint density at radius 1 is 1.17 bits per heavy atom. The van der Waals surface area contributed by atoms with Crippen LogP contribution >= 0.6 is 11.6 Å². The lowest BCUT2D eigenvalue weighted by atomic mass is 10.2. The van der Waals surface area contributed by atoms with Gasteiger partial charge in [-0.2, -0.15) is 4.72 Å². The van der Waals surface area contributed by atoms with Gasteiger partial charge in [0.1, 0.15) is 0 Å². The minimum absolute atomic E-state index is 0.0348. The van der Waals surface area contributed by atoms with Crippen molar-refractivity contribution in [2.75, 3.05) is 6.54 Å². The van der Waals surface area contributed by atoms with Gasteiger partial charge in [-0.05, 0) is 36.8 Å². The number of benzene rings is 2. The average Bonchev–Trinajstić information content (AvgIpc) is 2.51. The molecule has 0 heterocycles. The van der Waals surface area contributed by atoms with Crippen LogP contribution in [0.3, 0.4) is 0 Å². The number of sulfonamides is 1. The van der Waals surface area contributed by atoms with Crippen LogP contribution in [0.25, 0.3) is 6.08 Å². The molecule has 0 fully saturated rings. The number of rotatable bonds is 4. The van der Waals surface area contributed by atoms with Crippen molar-refractivity contribution in [2.45, 2.75) is 6.92 Å². The molecule has 5 heteroatoms. The Morgan fingerprint density at radius 2 is 1.91 bits per heavy atom. The van der Waals surface area contributed by atoms with E-state index in [1.54, 1.807) is 24.3 Å². The van der Waals surface area contributed by atoms with E-state index >= 15 is 0 Å². The second kappa shape index (κ2) is 7.98. The first kappa shape index (κ1) is 17.3. The molecule has 0 saturated heterocycles. The Kier molecular flexibility index (Phi) is 6.00. The van der Waals surface area contributed by atoms with Crippen LogP contribution in [0.1, 0.15) is 16.7 Å². The van der Waals surface area contributed by atoms with Crippen LogP contribution in [-0.4, -0.2) is 15.0 Å². The maximum absolute atomic E-state index is 11.8. The van der Waals surface area contributed by atoms with Gasteiger partial charge >= 0.3 is 0 Å². The summed E-state index contributed by atoms with van der Waals surface area (Å²) in [5.74, 6) is 5.61. The molecule has 0 radical (unpaired) electrons. The first-order valence-corrected chi connectivity index (χ1v) is 8.86. The summed E-state index contributed by atoms with van der Waals surface area (Å²) < 4.78 is 26.1. The molecule has 0 aliphatic heterocycles. The zero-order valence-electron chi connectivity index (χ0n) is 12.6. The number of halogens is 1. The highest BCUT2D eigenvalue weighted by atomic mass is 35.5. The number of hydrogen-bond acceptors (Lipinski definition) is 2. The molecule has 1 N–H and O–H groups in total. The normalized spacial score (nSPS) is 11.2. The summed E-state index contributed by atoms with van der Waals surface area (Å²) in [6.07, 6.45) is 1.55. The van der Waals surface area contributed by atoms with Crippen molar-refractivity contribution in [3.63, 3.8) is 0 Å². The Hall–Kier alpha value is -2.06. The molecule has 0 unspecified atom stereocenters. The van der Waals surface area contributed by atoms with Gasteiger partial charge in [-0.1, -0.05) is 59.3 Å². The molecule has 0 aliphatic carbocycles. The Bertz CT molecular complexity index is 860. The first-order valence-electron chi connectivity index (χ1n) is 6.93. The molecule has 0 saturated carbocycles. The van der Waals surface area contributed by atoms with Gasteiger partial charge in [0.25, 0.3) is 0 Å². The third kappa shape index (κ3) is 6.29. The van der Waals surface area contributed by atoms with E-state index in [1.807, 2.05) is 37.3 Å². The van der Waals surface area contributed by atoms with E-state index in [4.69, 9.17) is 11.6 Å². The van der Waals surface area contributed by atoms with E-state index in [1.165, 1.54) is 0 Å². The molecule has 0 aliphatic rings. The SMILES string of the molecule is Cc1ccc(/C=C/S(=O)(=O)NCC#Cc2cccc(Cl)c2)cc1. The molecule has 2 rings (SSSR count). The monoisotopic (exact) mass is 345 g/mol. The second-order valence-corrected chi connectivity index (χ2v) is 6.98. The number of aryl methyl sites for hydroxylation is 1. The van der Waals surface area contributed by atoms with Crippen LogP contribution in [0.5, 0.6) is 0 Å². The largest absolute Gasteiger partial charge is 0.234 e. The molecule has 0 atom stereocenters. The third-order valence-electron chi connectivity index (χ3n) is 2.94. The van der Waals surface area contributed by atoms with Gasteiger partial charge < -0.3 is 0 Å². The Balaban J connectivity index is 1.93. The molecule has 118 valence electrons. The zero-order chi connectivity index (χ0) is 16.7. The third-order valence-corrected chi connectivity index (χ3v) is 4.21. The van der Waals surface area contributed by atoms with Gasteiger partial charge in [-0.25, -0.2) is 8.42 Å². The minimum Gasteiger partial charge on any atom is -0.208 e. The van der Waals surface area contributed by atoms with Crippen molar-refractivity contribution in [2.24, 2.45) is 0 Å². The van der Waals surface area contributed by atoms with E-state index in [2.05, 4.69) is 16.6 Å². The maximum atomic E-state index is 11.8. The van der Waals surface area contributed by atoms with Crippen LogP contribution in [0.2, 0.25) is 5.02 Å². The molecule has 0 spiro atoms. The molecular formula is C18H16ClNO2S. The maximum Gasteiger partial charge on any atom is 0.234 e. The van der Waals surface area contributed by atoms with Crippen molar-refractivity contribution >= 4 is 27.7 Å². The highest BCUT2D eigenvalue weighted by Crippen LogP contribution is 2.09. The summed E-state index contributed by atoms with van der Waals surface area (Å²) in [6, 6.07) is 14.7. The highest BCUT2D eigenvalue weighted by Gasteiger charge is 2.02. The fraction of sp³-hybridized carbons (Fsp3) is 0.111. The molecule has 3 nitrogen and oxygen atoms in total. The average molecular weight is 346 g/mol. The van der Waals surface area contributed by atoms with Crippen LogP contribution < -0.4 is 4.72 Å². The summed E-state index contributed by atoms with van der Waals surface area (Å²) in [5.41, 5.74) is 2.69. The summed E-state index contributed by atoms with van der Waals surface area (Å²) in [7, 11) is -3.51.